The predicted octanol–water partition coefficient (Wildman–Crippen LogP) is 1.37. The minimum absolute atomic E-state index is 0.0578. The number of amides is 1. The number of hydrogen-bond acceptors (Lipinski definition) is 4. The molecule has 1 aliphatic carbocycles. The number of likely N-dealkylation sites (tertiary alicyclic amines) is 1. The summed E-state index contributed by atoms with van der Waals surface area (Å²) < 4.78 is 5.97. The van der Waals surface area contributed by atoms with E-state index >= 15 is 0 Å². The molecule has 0 spiro atoms. The Kier molecular flexibility index (Phi) is 5.29. The lowest BCUT2D eigenvalue weighted by Gasteiger charge is -2.60. The Balaban J connectivity index is 1.37. The number of nitrogens with two attached hydrogens (primary N) is 1. The zero-order valence-corrected chi connectivity index (χ0v) is 14.7. The number of carbonyl (C=O) groups excluding carboxylic acids is 1. The van der Waals surface area contributed by atoms with Crippen molar-refractivity contribution in [1.29, 1.82) is 0 Å². The fourth-order valence-corrected chi connectivity index (χ4v) is 4.99. The van der Waals surface area contributed by atoms with Crippen molar-refractivity contribution in [1.82, 2.24) is 10.2 Å². The van der Waals surface area contributed by atoms with E-state index in [0.29, 0.717) is 18.1 Å². The minimum Gasteiger partial charge on any atom is -0.377 e. The highest BCUT2D eigenvalue weighted by molar-refractivity contribution is 5.76. The summed E-state index contributed by atoms with van der Waals surface area (Å²) in [4.78, 5) is 13.7. The molecule has 0 aromatic rings. The van der Waals surface area contributed by atoms with Crippen LogP contribution in [0.5, 0.6) is 0 Å². The van der Waals surface area contributed by atoms with Gasteiger partial charge >= 0.3 is 0 Å². The molecule has 3 N–H and O–H groups in total. The maximum absolute atomic E-state index is 11.3. The standard InChI is InChI=1S/C18H33N3O2/c1-18(2)15(14-7-4-11-23-16(14)18)20-8-5-10-21-9-3-6-13(12-21)17(19)22/h13-16,20H,3-12H2,1-2H3,(H2,19,22)/t13-,14-,15+,16-/m0/s1. The van der Waals surface area contributed by atoms with Crippen LogP contribution in [-0.2, 0) is 9.53 Å². The second-order valence-corrected chi connectivity index (χ2v) is 8.25. The van der Waals surface area contributed by atoms with Gasteiger partial charge in [0.2, 0.25) is 5.91 Å². The monoisotopic (exact) mass is 323 g/mol. The number of piperidine rings is 1. The quantitative estimate of drug-likeness (QED) is 0.725. The van der Waals surface area contributed by atoms with Crippen LogP contribution in [0.3, 0.4) is 0 Å². The van der Waals surface area contributed by atoms with E-state index in [1.807, 2.05) is 0 Å². The summed E-state index contributed by atoms with van der Waals surface area (Å²) in [6.45, 7) is 9.68. The minimum atomic E-state index is -0.132. The first-order valence-corrected chi connectivity index (χ1v) is 9.37. The molecule has 2 saturated heterocycles. The van der Waals surface area contributed by atoms with Crippen molar-refractivity contribution in [3.63, 3.8) is 0 Å². The Morgan fingerprint density at radius 2 is 2.17 bits per heavy atom. The van der Waals surface area contributed by atoms with Gasteiger partial charge in [0.1, 0.15) is 0 Å². The first-order chi connectivity index (χ1) is 11.0. The maximum atomic E-state index is 11.3. The van der Waals surface area contributed by atoms with Crippen LogP contribution in [0.2, 0.25) is 0 Å². The number of fused-ring (bicyclic) bond motifs is 1. The molecule has 0 unspecified atom stereocenters. The van der Waals surface area contributed by atoms with Crippen LogP contribution in [0.1, 0.15) is 46.0 Å². The van der Waals surface area contributed by atoms with E-state index in [-0.39, 0.29) is 17.2 Å². The zero-order valence-electron chi connectivity index (χ0n) is 14.7. The SMILES string of the molecule is CC1(C)[C@H](NCCCN2CCC[C@H](C(N)=O)C2)[C@@H]2CCCO[C@@H]21. The van der Waals surface area contributed by atoms with E-state index in [9.17, 15) is 4.79 Å². The van der Waals surface area contributed by atoms with Gasteiger partial charge in [-0.1, -0.05) is 13.8 Å². The van der Waals surface area contributed by atoms with Crippen molar-refractivity contribution in [3.05, 3.63) is 0 Å². The molecule has 3 aliphatic rings. The second-order valence-electron chi connectivity index (χ2n) is 8.25. The molecule has 1 saturated carbocycles. The number of nitrogens with one attached hydrogen (secondary N) is 1. The number of ether oxygens (including phenoxy) is 1. The summed E-state index contributed by atoms with van der Waals surface area (Å²) in [5.74, 6) is 0.628. The Hall–Kier alpha value is -0.650. The van der Waals surface area contributed by atoms with Crippen molar-refractivity contribution < 1.29 is 9.53 Å². The van der Waals surface area contributed by atoms with Crippen LogP contribution in [0, 0.1) is 17.3 Å². The molecule has 5 heteroatoms. The summed E-state index contributed by atoms with van der Waals surface area (Å²) in [5.41, 5.74) is 5.71. The van der Waals surface area contributed by atoms with Crippen molar-refractivity contribution in [2.45, 2.75) is 58.1 Å². The lowest BCUT2D eigenvalue weighted by molar-refractivity contribution is -0.192. The molecular formula is C18H33N3O2. The number of carbonyl (C=O) groups is 1. The fraction of sp³-hybridized carbons (Fsp3) is 0.944. The van der Waals surface area contributed by atoms with Gasteiger partial charge in [-0.15, -0.1) is 0 Å². The van der Waals surface area contributed by atoms with Gasteiger partial charge in [-0.2, -0.15) is 0 Å². The lowest BCUT2D eigenvalue weighted by atomic mass is 9.55. The Morgan fingerprint density at radius 1 is 1.35 bits per heavy atom. The van der Waals surface area contributed by atoms with Gasteiger partial charge in [0.15, 0.2) is 0 Å². The van der Waals surface area contributed by atoms with Crippen LogP contribution >= 0.6 is 0 Å². The largest absolute Gasteiger partial charge is 0.377 e. The molecule has 5 nitrogen and oxygen atoms in total. The van der Waals surface area contributed by atoms with Crippen molar-refractivity contribution in [2.24, 2.45) is 23.0 Å². The summed E-state index contributed by atoms with van der Waals surface area (Å²) in [6, 6.07) is 0.590. The molecule has 1 amide bonds. The lowest BCUT2D eigenvalue weighted by Crippen LogP contribution is -2.69. The van der Waals surface area contributed by atoms with E-state index in [0.717, 1.165) is 52.0 Å². The molecule has 2 aliphatic heterocycles. The maximum Gasteiger partial charge on any atom is 0.221 e. The first kappa shape index (κ1) is 17.2. The van der Waals surface area contributed by atoms with Crippen molar-refractivity contribution >= 4 is 5.91 Å². The van der Waals surface area contributed by atoms with E-state index < -0.39 is 0 Å². The van der Waals surface area contributed by atoms with Gasteiger partial charge in [-0.3, -0.25) is 4.79 Å². The molecule has 4 atom stereocenters. The van der Waals surface area contributed by atoms with Gasteiger partial charge in [-0.25, -0.2) is 0 Å². The van der Waals surface area contributed by atoms with Crippen LogP contribution < -0.4 is 11.1 Å². The van der Waals surface area contributed by atoms with Crippen LogP contribution in [-0.4, -0.2) is 55.7 Å². The average molecular weight is 323 g/mol. The number of hydrogen-bond donors (Lipinski definition) is 2. The molecule has 2 heterocycles. The Labute approximate surface area is 140 Å². The summed E-state index contributed by atoms with van der Waals surface area (Å²) in [7, 11) is 0. The molecule has 132 valence electrons. The van der Waals surface area contributed by atoms with Gasteiger partial charge in [0.05, 0.1) is 12.0 Å². The van der Waals surface area contributed by atoms with E-state index in [2.05, 4.69) is 24.1 Å². The summed E-state index contributed by atoms with van der Waals surface area (Å²) >= 11 is 0. The highest BCUT2D eigenvalue weighted by Crippen LogP contribution is 2.51. The van der Waals surface area contributed by atoms with Crippen molar-refractivity contribution in [3.8, 4) is 0 Å². The van der Waals surface area contributed by atoms with Gasteiger partial charge in [0.25, 0.3) is 0 Å². The summed E-state index contributed by atoms with van der Waals surface area (Å²) in [5, 5.41) is 3.78. The molecule has 23 heavy (non-hydrogen) atoms. The molecule has 0 aromatic carbocycles. The molecule has 0 bridgehead atoms. The molecule has 3 fully saturated rings. The van der Waals surface area contributed by atoms with Gasteiger partial charge in [0, 0.05) is 30.5 Å². The van der Waals surface area contributed by atoms with Gasteiger partial charge < -0.3 is 20.7 Å². The van der Waals surface area contributed by atoms with Crippen molar-refractivity contribution in [2.75, 3.05) is 32.8 Å². The predicted molar refractivity (Wildman–Crippen MR) is 91.0 cm³/mol. The third-order valence-corrected chi connectivity index (χ3v) is 6.25. The Morgan fingerprint density at radius 3 is 2.96 bits per heavy atom. The van der Waals surface area contributed by atoms with E-state index in [1.165, 1.54) is 12.8 Å². The average Bonchev–Trinajstić information content (AvgIpc) is 2.54. The molecular weight excluding hydrogens is 290 g/mol. The second kappa shape index (κ2) is 7.08. The van der Waals surface area contributed by atoms with Crippen LogP contribution in [0.15, 0.2) is 0 Å². The Bertz CT molecular complexity index is 426. The molecule has 3 rings (SSSR count). The first-order valence-electron chi connectivity index (χ1n) is 9.37. The zero-order chi connectivity index (χ0) is 16.4. The number of rotatable bonds is 6. The summed E-state index contributed by atoms with van der Waals surface area (Å²) in [6.07, 6.45) is 6.15. The number of nitrogens with zero attached hydrogens (tertiary/aromatic N) is 1. The third-order valence-electron chi connectivity index (χ3n) is 6.25. The smallest absolute Gasteiger partial charge is 0.221 e. The molecule has 0 aromatic heterocycles. The highest BCUT2D eigenvalue weighted by Gasteiger charge is 2.57. The van der Waals surface area contributed by atoms with Crippen LogP contribution in [0.4, 0.5) is 0 Å². The number of primary amides is 1. The van der Waals surface area contributed by atoms with Crippen LogP contribution in [0.25, 0.3) is 0 Å². The highest BCUT2D eigenvalue weighted by atomic mass is 16.5. The topological polar surface area (TPSA) is 67.6 Å². The van der Waals surface area contributed by atoms with E-state index in [1.54, 1.807) is 0 Å². The molecule has 0 radical (unpaired) electrons. The third kappa shape index (κ3) is 3.57. The van der Waals surface area contributed by atoms with E-state index in [4.69, 9.17) is 10.5 Å². The normalized spacial score (nSPS) is 37.0. The van der Waals surface area contributed by atoms with Gasteiger partial charge in [-0.05, 0) is 51.7 Å². The fourth-order valence-electron chi connectivity index (χ4n) is 4.99.